The van der Waals surface area contributed by atoms with Crippen molar-refractivity contribution in [2.75, 3.05) is 27.0 Å². The summed E-state index contributed by atoms with van der Waals surface area (Å²) in [6, 6.07) is 12.2. The summed E-state index contributed by atoms with van der Waals surface area (Å²) in [7, 11) is 1.66. The van der Waals surface area contributed by atoms with Crippen LogP contribution in [-0.4, -0.2) is 36.9 Å². The van der Waals surface area contributed by atoms with E-state index in [1.807, 2.05) is 18.2 Å². The van der Waals surface area contributed by atoms with Gasteiger partial charge in [0, 0.05) is 12.6 Å². The normalized spacial score (nSPS) is 17.4. The van der Waals surface area contributed by atoms with E-state index in [1.54, 1.807) is 7.11 Å². The van der Waals surface area contributed by atoms with Crippen molar-refractivity contribution >= 4 is 0 Å². The van der Waals surface area contributed by atoms with Crippen LogP contribution >= 0.6 is 0 Å². The van der Waals surface area contributed by atoms with E-state index in [1.165, 1.54) is 24.8 Å². The maximum atomic E-state index is 5.62. The molecule has 0 N–H and O–H groups in total. The Morgan fingerprint density at radius 2 is 1.96 bits per heavy atom. The average molecular weight is 354 g/mol. The topological polar surface area (TPSA) is 43.8 Å². The van der Waals surface area contributed by atoms with Crippen LogP contribution in [0.1, 0.15) is 30.5 Å². The highest BCUT2D eigenvalue weighted by atomic mass is 16.7. The predicted molar refractivity (Wildman–Crippen MR) is 99.7 cm³/mol. The number of likely N-dealkylation sites (tertiary alicyclic amines) is 1. The number of pyridine rings is 1. The van der Waals surface area contributed by atoms with Crippen molar-refractivity contribution < 1.29 is 14.2 Å². The van der Waals surface area contributed by atoms with E-state index < -0.39 is 0 Å². The van der Waals surface area contributed by atoms with Crippen molar-refractivity contribution in [2.45, 2.75) is 32.2 Å². The van der Waals surface area contributed by atoms with Crippen LogP contribution in [0, 0.1) is 5.92 Å². The van der Waals surface area contributed by atoms with Gasteiger partial charge in [0.05, 0.1) is 12.8 Å². The summed E-state index contributed by atoms with van der Waals surface area (Å²) in [5.41, 5.74) is 2.36. The Kier molecular flexibility index (Phi) is 5.25. The van der Waals surface area contributed by atoms with Gasteiger partial charge in [-0.25, -0.2) is 4.98 Å². The monoisotopic (exact) mass is 354 g/mol. The molecule has 3 heterocycles. The first-order chi connectivity index (χ1) is 12.8. The SMILES string of the molecule is COc1cccc(CN2CCC(CCc3cccc4c3OCO4)CC2)n1. The number of para-hydroxylation sites is 1. The third-order valence-corrected chi connectivity index (χ3v) is 5.38. The van der Waals surface area contributed by atoms with Crippen molar-refractivity contribution in [1.29, 1.82) is 0 Å². The summed E-state index contributed by atoms with van der Waals surface area (Å²) in [5.74, 6) is 3.32. The largest absolute Gasteiger partial charge is 0.481 e. The number of methoxy groups -OCH3 is 1. The number of benzene rings is 1. The first kappa shape index (κ1) is 17.2. The number of nitrogens with zero attached hydrogens (tertiary/aromatic N) is 2. The van der Waals surface area contributed by atoms with Crippen LogP contribution in [0.2, 0.25) is 0 Å². The molecule has 0 radical (unpaired) electrons. The number of aromatic nitrogens is 1. The number of hydrogen-bond acceptors (Lipinski definition) is 5. The molecule has 2 aliphatic rings. The first-order valence-corrected chi connectivity index (χ1v) is 9.41. The molecule has 0 saturated carbocycles. The molecular formula is C21H26N2O3. The van der Waals surface area contributed by atoms with Crippen LogP contribution in [0.3, 0.4) is 0 Å². The molecule has 2 aromatic rings. The van der Waals surface area contributed by atoms with E-state index in [9.17, 15) is 0 Å². The molecule has 26 heavy (non-hydrogen) atoms. The molecule has 2 aliphatic heterocycles. The van der Waals surface area contributed by atoms with Gasteiger partial charge in [0.1, 0.15) is 0 Å². The Balaban J connectivity index is 1.26. The van der Waals surface area contributed by atoms with Crippen LogP contribution in [0.5, 0.6) is 17.4 Å². The van der Waals surface area contributed by atoms with E-state index >= 15 is 0 Å². The van der Waals surface area contributed by atoms with Gasteiger partial charge in [-0.2, -0.15) is 0 Å². The smallest absolute Gasteiger partial charge is 0.231 e. The van der Waals surface area contributed by atoms with Crippen LogP contribution in [0.4, 0.5) is 0 Å². The van der Waals surface area contributed by atoms with E-state index in [-0.39, 0.29) is 0 Å². The van der Waals surface area contributed by atoms with E-state index in [4.69, 9.17) is 14.2 Å². The molecule has 1 aromatic carbocycles. The van der Waals surface area contributed by atoms with Gasteiger partial charge < -0.3 is 14.2 Å². The summed E-state index contributed by atoms with van der Waals surface area (Å²) in [6.07, 6.45) is 4.77. The van der Waals surface area contributed by atoms with Gasteiger partial charge in [-0.3, -0.25) is 4.90 Å². The van der Waals surface area contributed by atoms with Gasteiger partial charge in [0.2, 0.25) is 12.7 Å². The molecule has 5 heteroatoms. The van der Waals surface area contributed by atoms with Crippen LogP contribution in [-0.2, 0) is 13.0 Å². The summed E-state index contributed by atoms with van der Waals surface area (Å²) >= 11 is 0. The highest BCUT2D eigenvalue weighted by Crippen LogP contribution is 2.36. The molecule has 0 spiro atoms. The van der Waals surface area contributed by atoms with Gasteiger partial charge in [-0.1, -0.05) is 18.2 Å². The minimum absolute atomic E-state index is 0.350. The van der Waals surface area contributed by atoms with Crippen LogP contribution in [0.25, 0.3) is 0 Å². The molecule has 0 atom stereocenters. The second kappa shape index (κ2) is 7.96. The van der Waals surface area contributed by atoms with Crippen LogP contribution in [0.15, 0.2) is 36.4 Å². The second-order valence-electron chi connectivity index (χ2n) is 7.08. The van der Waals surface area contributed by atoms with Gasteiger partial charge in [0.15, 0.2) is 11.5 Å². The summed E-state index contributed by atoms with van der Waals surface area (Å²) < 4.78 is 16.3. The lowest BCUT2D eigenvalue weighted by Crippen LogP contribution is -2.33. The quantitative estimate of drug-likeness (QED) is 0.792. The lowest BCUT2D eigenvalue weighted by molar-refractivity contribution is 0.168. The highest BCUT2D eigenvalue weighted by Gasteiger charge is 2.22. The van der Waals surface area contributed by atoms with E-state index in [0.717, 1.165) is 49.2 Å². The van der Waals surface area contributed by atoms with Crippen LogP contribution < -0.4 is 14.2 Å². The number of hydrogen-bond donors (Lipinski definition) is 0. The Hall–Kier alpha value is -2.27. The molecule has 1 aromatic heterocycles. The fourth-order valence-electron chi connectivity index (χ4n) is 3.87. The molecular weight excluding hydrogens is 328 g/mol. The minimum atomic E-state index is 0.350. The van der Waals surface area contributed by atoms with Gasteiger partial charge in [-0.05, 0) is 62.4 Å². The molecule has 138 valence electrons. The van der Waals surface area contributed by atoms with E-state index in [2.05, 4.69) is 28.1 Å². The lowest BCUT2D eigenvalue weighted by Gasteiger charge is -2.31. The maximum Gasteiger partial charge on any atom is 0.231 e. The number of piperidine rings is 1. The molecule has 4 rings (SSSR count). The number of fused-ring (bicyclic) bond motifs is 1. The van der Waals surface area contributed by atoms with Crippen molar-refractivity contribution in [3.63, 3.8) is 0 Å². The average Bonchev–Trinajstić information content (AvgIpc) is 3.17. The van der Waals surface area contributed by atoms with Crippen molar-refractivity contribution in [2.24, 2.45) is 5.92 Å². The summed E-state index contributed by atoms with van der Waals surface area (Å²) in [5, 5.41) is 0. The summed E-state index contributed by atoms with van der Waals surface area (Å²) in [4.78, 5) is 7.02. The van der Waals surface area contributed by atoms with Gasteiger partial charge >= 0.3 is 0 Å². The maximum absolute atomic E-state index is 5.62. The molecule has 1 fully saturated rings. The number of rotatable bonds is 6. The van der Waals surface area contributed by atoms with Gasteiger partial charge in [0.25, 0.3) is 0 Å². The lowest BCUT2D eigenvalue weighted by atomic mass is 9.90. The van der Waals surface area contributed by atoms with Crippen molar-refractivity contribution in [3.8, 4) is 17.4 Å². The molecule has 0 unspecified atom stereocenters. The van der Waals surface area contributed by atoms with E-state index in [0.29, 0.717) is 12.7 Å². The summed E-state index contributed by atoms with van der Waals surface area (Å²) in [6.45, 7) is 3.52. The highest BCUT2D eigenvalue weighted by molar-refractivity contribution is 5.48. The fraction of sp³-hybridized carbons (Fsp3) is 0.476. The molecule has 0 amide bonds. The number of aryl methyl sites for hydroxylation is 1. The standard InChI is InChI=1S/C21H26N2O3/c1-24-20-7-3-5-18(22-20)14-23-12-10-16(11-13-23)8-9-17-4-2-6-19-21(17)26-15-25-19/h2-7,16H,8-15H2,1H3. The first-order valence-electron chi connectivity index (χ1n) is 9.41. The molecule has 0 aliphatic carbocycles. The zero-order chi connectivity index (χ0) is 17.8. The third-order valence-electron chi connectivity index (χ3n) is 5.38. The molecule has 5 nitrogen and oxygen atoms in total. The Labute approximate surface area is 154 Å². The fourth-order valence-corrected chi connectivity index (χ4v) is 3.87. The Morgan fingerprint density at radius 3 is 2.81 bits per heavy atom. The number of ether oxygens (including phenoxy) is 3. The third kappa shape index (κ3) is 3.93. The predicted octanol–water partition coefficient (Wildman–Crippen LogP) is 3.66. The second-order valence-corrected chi connectivity index (χ2v) is 7.08. The minimum Gasteiger partial charge on any atom is -0.481 e. The zero-order valence-electron chi connectivity index (χ0n) is 15.3. The van der Waals surface area contributed by atoms with Crippen molar-refractivity contribution in [3.05, 3.63) is 47.7 Å². The van der Waals surface area contributed by atoms with Crippen molar-refractivity contribution in [1.82, 2.24) is 9.88 Å². The Bertz CT molecular complexity index is 742. The molecule has 0 bridgehead atoms. The molecule has 1 saturated heterocycles. The zero-order valence-corrected chi connectivity index (χ0v) is 15.3. The Morgan fingerprint density at radius 1 is 1.12 bits per heavy atom. The van der Waals surface area contributed by atoms with Gasteiger partial charge in [-0.15, -0.1) is 0 Å².